The van der Waals surface area contributed by atoms with Crippen LogP contribution in [0.5, 0.6) is 0 Å². The summed E-state index contributed by atoms with van der Waals surface area (Å²) in [5, 5.41) is 9.13. The second kappa shape index (κ2) is 6.31. The molecule has 0 aliphatic heterocycles. The summed E-state index contributed by atoms with van der Waals surface area (Å²) in [6.45, 7) is 6.39. The van der Waals surface area contributed by atoms with Crippen molar-refractivity contribution < 1.29 is 13.5 Å². The molecule has 0 aliphatic carbocycles. The highest BCUT2D eigenvalue weighted by atomic mass is 32.2. The topological polar surface area (TPSA) is 84.2 Å². The van der Waals surface area contributed by atoms with Gasteiger partial charge in [0.2, 0.25) is 0 Å². The normalized spacial score (nSPS) is 13.8. The molecule has 7 heteroatoms. The van der Waals surface area contributed by atoms with Gasteiger partial charge in [0, 0.05) is 19.3 Å². The average molecular weight is 275 g/mol. The van der Waals surface area contributed by atoms with E-state index in [0.717, 1.165) is 0 Å². The zero-order valence-electron chi connectivity index (χ0n) is 11.0. The van der Waals surface area contributed by atoms with Crippen molar-refractivity contribution in [2.45, 2.75) is 51.3 Å². The van der Waals surface area contributed by atoms with Crippen LogP contribution in [0.3, 0.4) is 0 Å². The number of aryl methyl sites for hydroxylation is 2. The summed E-state index contributed by atoms with van der Waals surface area (Å²) in [6.07, 6.45) is 2.30. The Balaban J connectivity index is 2.62. The first-order valence-corrected chi connectivity index (χ1v) is 7.56. The first-order valence-electron chi connectivity index (χ1n) is 6.08. The van der Waals surface area contributed by atoms with E-state index >= 15 is 0 Å². The molecule has 1 heterocycles. The Labute approximate surface area is 108 Å². The van der Waals surface area contributed by atoms with Crippen LogP contribution in [-0.4, -0.2) is 35.7 Å². The van der Waals surface area contributed by atoms with Crippen molar-refractivity contribution in [1.82, 2.24) is 14.3 Å². The molecule has 0 aromatic carbocycles. The minimum Gasteiger partial charge on any atom is -0.393 e. The summed E-state index contributed by atoms with van der Waals surface area (Å²) in [6, 6.07) is 0. The molecule has 1 rings (SSSR count). The molecular weight excluding hydrogens is 254 g/mol. The van der Waals surface area contributed by atoms with Crippen molar-refractivity contribution in [1.29, 1.82) is 0 Å². The van der Waals surface area contributed by atoms with Crippen molar-refractivity contribution in [2.24, 2.45) is 0 Å². The maximum atomic E-state index is 11.9. The van der Waals surface area contributed by atoms with Crippen molar-refractivity contribution in [3.05, 3.63) is 12.0 Å². The third-order valence-corrected chi connectivity index (χ3v) is 3.99. The Hall–Kier alpha value is -0.920. The van der Waals surface area contributed by atoms with Gasteiger partial charge in [-0.25, -0.2) is 18.1 Å². The van der Waals surface area contributed by atoms with Gasteiger partial charge in [-0.05, 0) is 33.6 Å². The van der Waals surface area contributed by atoms with E-state index in [1.165, 1.54) is 6.20 Å². The summed E-state index contributed by atoms with van der Waals surface area (Å²) in [4.78, 5) is 4.03. The number of hydrogen-bond donors (Lipinski definition) is 2. The van der Waals surface area contributed by atoms with Crippen LogP contribution in [0.4, 0.5) is 0 Å². The maximum absolute atomic E-state index is 11.9. The number of hydrogen-bond acceptors (Lipinski definition) is 4. The van der Waals surface area contributed by atoms with Gasteiger partial charge >= 0.3 is 0 Å². The first-order chi connectivity index (χ1) is 8.36. The molecule has 1 aromatic heterocycles. The van der Waals surface area contributed by atoms with Gasteiger partial charge in [0.05, 0.1) is 6.10 Å². The Morgan fingerprint density at radius 1 is 1.56 bits per heavy atom. The molecule has 104 valence electrons. The van der Waals surface area contributed by atoms with Gasteiger partial charge in [0.1, 0.15) is 5.82 Å². The van der Waals surface area contributed by atoms with Crippen molar-refractivity contribution in [3.8, 4) is 0 Å². The molecule has 0 saturated carbocycles. The van der Waals surface area contributed by atoms with Crippen molar-refractivity contribution in [3.63, 3.8) is 0 Å². The summed E-state index contributed by atoms with van der Waals surface area (Å²) < 4.78 is 28.1. The SMILES string of the molecule is CCn1cc(S(=O)(=O)NCCCC(C)O)nc1C. The van der Waals surface area contributed by atoms with Gasteiger partial charge in [-0.3, -0.25) is 0 Å². The van der Waals surface area contributed by atoms with E-state index in [1.807, 2.05) is 6.92 Å². The molecule has 0 amide bonds. The van der Waals surface area contributed by atoms with Gasteiger partial charge in [0.25, 0.3) is 10.0 Å². The minimum atomic E-state index is -3.53. The summed E-state index contributed by atoms with van der Waals surface area (Å²) in [5.74, 6) is 0.682. The lowest BCUT2D eigenvalue weighted by atomic mass is 10.2. The van der Waals surface area contributed by atoms with Crippen LogP contribution >= 0.6 is 0 Å². The van der Waals surface area contributed by atoms with Gasteiger partial charge < -0.3 is 9.67 Å². The van der Waals surface area contributed by atoms with E-state index < -0.39 is 16.1 Å². The highest BCUT2D eigenvalue weighted by Crippen LogP contribution is 2.09. The molecule has 1 aromatic rings. The molecule has 2 N–H and O–H groups in total. The van der Waals surface area contributed by atoms with Gasteiger partial charge in [-0.15, -0.1) is 0 Å². The largest absolute Gasteiger partial charge is 0.393 e. The Morgan fingerprint density at radius 2 is 2.22 bits per heavy atom. The minimum absolute atomic E-state index is 0.0545. The first kappa shape index (κ1) is 15.1. The summed E-state index contributed by atoms with van der Waals surface area (Å²) in [7, 11) is -3.53. The monoisotopic (exact) mass is 275 g/mol. The highest BCUT2D eigenvalue weighted by Gasteiger charge is 2.18. The smallest absolute Gasteiger partial charge is 0.259 e. The van der Waals surface area contributed by atoms with Crippen LogP contribution in [0.15, 0.2) is 11.2 Å². The number of nitrogens with one attached hydrogen (secondary N) is 1. The maximum Gasteiger partial charge on any atom is 0.259 e. The molecule has 0 spiro atoms. The molecule has 0 saturated heterocycles. The lowest BCUT2D eigenvalue weighted by molar-refractivity contribution is 0.182. The standard InChI is InChI=1S/C11H21N3O3S/c1-4-14-8-11(13-10(14)3)18(16,17)12-7-5-6-9(2)15/h8-9,12,15H,4-7H2,1-3H3. The van der Waals surface area contributed by atoms with E-state index in [1.54, 1.807) is 18.4 Å². The van der Waals surface area contributed by atoms with E-state index in [9.17, 15) is 8.42 Å². The average Bonchev–Trinajstić information content (AvgIpc) is 2.66. The molecule has 0 aliphatic rings. The van der Waals surface area contributed by atoms with Crippen molar-refractivity contribution >= 4 is 10.0 Å². The Bertz CT molecular complexity index is 480. The van der Waals surface area contributed by atoms with Gasteiger partial charge in [0.15, 0.2) is 5.03 Å². The number of nitrogens with zero attached hydrogens (tertiary/aromatic N) is 2. The van der Waals surface area contributed by atoms with Gasteiger partial charge in [-0.1, -0.05) is 0 Å². The molecule has 0 radical (unpaired) electrons. The summed E-state index contributed by atoms with van der Waals surface area (Å²) in [5.41, 5.74) is 0. The van der Waals surface area contributed by atoms with E-state index in [2.05, 4.69) is 9.71 Å². The zero-order chi connectivity index (χ0) is 13.8. The van der Waals surface area contributed by atoms with Crippen LogP contribution in [0.1, 0.15) is 32.5 Å². The molecular formula is C11H21N3O3S. The number of rotatable bonds is 7. The highest BCUT2D eigenvalue weighted by molar-refractivity contribution is 7.89. The number of imidazole rings is 1. The van der Waals surface area contributed by atoms with E-state index in [-0.39, 0.29) is 5.03 Å². The van der Waals surface area contributed by atoms with Crippen LogP contribution in [-0.2, 0) is 16.6 Å². The number of sulfonamides is 1. The molecule has 6 nitrogen and oxygen atoms in total. The predicted octanol–water partition coefficient (Wildman–Crippen LogP) is 0.651. The van der Waals surface area contributed by atoms with Gasteiger partial charge in [-0.2, -0.15) is 0 Å². The van der Waals surface area contributed by atoms with Crippen LogP contribution in [0, 0.1) is 6.92 Å². The summed E-state index contributed by atoms with van der Waals surface area (Å²) >= 11 is 0. The molecule has 18 heavy (non-hydrogen) atoms. The fourth-order valence-electron chi connectivity index (χ4n) is 1.61. The number of aliphatic hydroxyl groups excluding tert-OH is 1. The van der Waals surface area contributed by atoms with Crippen LogP contribution in [0.25, 0.3) is 0 Å². The quantitative estimate of drug-likeness (QED) is 0.716. The second-order valence-corrected chi connectivity index (χ2v) is 6.02. The van der Waals surface area contributed by atoms with E-state index in [0.29, 0.717) is 31.8 Å². The van der Waals surface area contributed by atoms with Crippen LogP contribution in [0.2, 0.25) is 0 Å². The number of aliphatic hydroxyl groups is 1. The zero-order valence-corrected chi connectivity index (χ0v) is 11.9. The molecule has 0 bridgehead atoms. The predicted molar refractivity (Wildman–Crippen MR) is 68.7 cm³/mol. The molecule has 1 unspecified atom stereocenters. The Kier molecular flexibility index (Phi) is 5.30. The third kappa shape index (κ3) is 4.08. The fraction of sp³-hybridized carbons (Fsp3) is 0.727. The Morgan fingerprint density at radius 3 is 2.72 bits per heavy atom. The molecule has 0 fully saturated rings. The second-order valence-electron chi connectivity index (χ2n) is 4.30. The molecule has 1 atom stereocenters. The lowest BCUT2D eigenvalue weighted by Gasteiger charge is -2.05. The number of aromatic nitrogens is 2. The third-order valence-electron chi connectivity index (χ3n) is 2.66. The fourth-order valence-corrected chi connectivity index (χ4v) is 2.69. The lowest BCUT2D eigenvalue weighted by Crippen LogP contribution is -2.25. The van der Waals surface area contributed by atoms with Crippen molar-refractivity contribution in [2.75, 3.05) is 6.54 Å². The van der Waals surface area contributed by atoms with Crippen LogP contribution < -0.4 is 4.72 Å². The van der Waals surface area contributed by atoms with E-state index in [4.69, 9.17) is 5.11 Å².